The van der Waals surface area contributed by atoms with Gasteiger partial charge in [-0.1, -0.05) is 19.4 Å². The summed E-state index contributed by atoms with van der Waals surface area (Å²) in [5, 5.41) is 1.17. The van der Waals surface area contributed by atoms with Gasteiger partial charge < -0.3 is 9.16 Å². The van der Waals surface area contributed by atoms with Crippen LogP contribution in [0.1, 0.15) is 37.9 Å². The fourth-order valence-corrected chi connectivity index (χ4v) is 6.09. The first-order valence-electron chi connectivity index (χ1n) is 10.7. The number of aromatic nitrogens is 1. The number of ether oxygens (including phenoxy) is 1. The maximum Gasteiger partial charge on any atom is 0.162 e. The van der Waals surface area contributed by atoms with Crippen LogP contribution >= 0.6 is 0 Å². The predicted molar refractivity (Wildman–Crippen MR) is 118 cm³/mol. The second-order valence-electron chi connectivity index (χ2n) is 8.17. The molecule has 3 aliphatic rings. The first-order valence-corrected chi connectivity index (χ1v) is 12.2. The highest BCUT2D eigenvalue weighted by atomic mass is 28.2. The van der Waals surface area contributed by atoms with Crippen LogP contribution in [0.15, 0.2) is 43.1 Å². The molecule has 0 amide bonds. The van der Waals surface area contributed by atoms with E-state index in [1.165, 1.54) is 42.8 Å². The highest BCUT2D eigenvalue weighted by molar-refractivity contribution is 6.27. The molecule has 4 unspecified atom stereocenters. The molecule has 0 spiro atoms. The molecule has 1 aromatic heterocycles. The van der Waals surface area contributed by atoms with E-state index in [4.69, 9.17) is 9.16 Å². The van der Waals surface area contributed by atoms with Gasteiger partial charge in [-0.2, -0.15) is 0 Å². The molecule has 3 aliphatic heterocycles. The minimum Gasteiger partial charge on any atom is -0.497 e. The molecule has 5 atom stereocenters. The second-order valence-corrected chi connectivity index (χ2v) is 9.62. The molecule has 2 aromatic rings. The lowest BCUT2D eigenvalue weighted by molar-refractivity contribution is -0.0352. The Bertz CT molecular complexity index is 827. The molecule has 150 valence electrons. The van der Waals surface area contributed by atoms with E-state index in [0.717, 1.165) is 23.7 Å². The van der Waals surface area contributed by atoms with Gasteiger partial charge in [0.15, 0.2) is 9.76 Å². The van der Waals surface area contributed by atoms with Crippen molar-refractivity contribution in [3.63, 3.8) is 0 Å². The summed E-state index contributed by atoms with van der Waals surface area (Å²) in [5.74, 6) is 2.25. The van der Waals surface area contributed by atoms with Crippen LogP contribution in [0.4, 0.5) is 0 Å². The molecule has 5 heteroatoms. The summed E-state index contributed by atoms with van der Waals surface area (Å²) < 4.78 is 12.2. The molecule has 0 aliphatic carbocycles. The summed E-state index contributed by atoms with van der Waals surface area (Å²) in [6, 6.07) is 10.0. The standard InChI is InChI=1S/C23H32N2O2Si/c1-4-12-28-27-23(22-13-17-9-11-25(22)15-16(17)5-2)19-8-10-24-21-7-6-18(26-3)14-20(19)21/h5-8,10,14,16-17,22-23H,2,4,9,11-13,15,28H2,1,3H3/t16?,17?,22?,23-/m0/s1. The molecule has 2 bridgehead atoms. The summed E-state index contributed by atoms with van der Waals surface area (Å²) >= 11 is 0. The number of benzene rings is 1. The molecular weight excluding hydrogens is 364 g/mol. The van der Waals surface area contributed by atoms with Crippen molar-refractivity contribution in [3.8, 4) is 5.75 Å². The maximum atomic E-state index is 6.71. The number of rotatable bonds is 8. The van der Waals surface area contributed by atoms with Crippen LogP contribution in [0.25, 0.3) is 10.9 Å². The van der Waals surface area contributed by atoms with E-state index in [-0.39, 0.29) is 6.10 Å². The summed E-state index contributed by atoms with van der Waals surface area (Å²) in [6.45, 7) is 8.63. The van der Waals surface area contributed by atoms with Gasteiger partial charge >= 0.3 is 0 Å². The lowest BCUT2D eigenvalue weighted by Crippen LogP contribution is -2.55. The molecular formula is C23H32N2O2Si. The number of fused-ring (bicyclic) bond motifs is 4. The van der Waals surface area contributed by atoms with Crippen molar-refractivity contribution in [2.45, 2.75) is 44.4 Å². The van der Waals surface area contributed by atoms with E-state index in [9.17, 15) is 0 Å². The summed E-state index contributed by atoms with van der Waals surface area (Å²) in [7, 11) is 1.18. The third-order valence-electron chi connectivity index (χ3n) is 6.59. The molecule has 28 heavy (non-hydrogen) atoms. The van der Waals surface area contributed by atoms with Crippen LogP contribution in [0.2, 0.25) is 6.04 Å². The van der Waals surface area contributed by atoms with E-state index < -0.39 is 9.76 Å². The molecule has 3 saturated heterocycles. The minimum atomic E-state index is -0.538. The Hall–Kier alpha value is -1.69. The van der Waals surface area contributed by atoms with E-state index in [1.807, 2.05) is 12.3 Å². The summed E-state index contributed by atoms with van der Waals surface area (Å²) in [6.07, 6.45) is 7.93. The highest BCUT2D eigenvalue weighted by Crippen LogP contribution is 2.43. The van der Waals surface area contributed by atoms with Crippen LogP contribution < -0.4 is 4.74 Å². The van der Waals surface area contributed by atoms with Gasteiger partial charge in [0.25, 0.3) is 0 Å². The van der Waals surface area contributed by atoms with Crippen LogP contribution in [0, 0.1) is 11.8 Å². The highest BCUT2D eigenvalue weighted by Gasteiger charge is 2.43. The van der Waals surface area contributed by atoms with E-state index in [2.05, 4.69) is 47.7 Å². The van der Waals surface area contributed by atoms with Gasteiger partial charge in [0.05, 0.1) is 18.7 Å². The predicted octanol–water partition coefficient (Wildman–Crippen LogP) is 4.11. The van der Waals surface area contributed by atoms with E-state index >= 15 is 0 Å². The zero-order valence-corrected chi connectivity index (χ0v) is 18.6. The average molecular weight is 397 g/mol. The molecule has 4 heterocycles. The van der Waals surface area contributed by atoms with Crippen molar-refractivity contribution < 1.29 is 9.16 Å². The second kappa shape index (κ2) is 8.76. The Balaban J connectivity index is 1.71. The monoisotopic (exact) mass is 396 g/mol. The van der Waals surface area contributed by atoms with E-state index in [0.29, 0.717) is 12.0 Å². The van der Waals surface area contributed by atoms with Gasteiger partial charge in [0.1, 0.15) is 5.75 Å². The van der Waals surface area contributed by atoms with Crippen LogP contribution in [0.3, 0.4) is 0 Å². The lowest BCUT2D eigenvalue weighted by atomic mass is 9.73. The topological polar surface area (TPSA) is 34.6 Å². The third kappa shape index (κ3) is 3.75. The molecule has 5 rings (SSSR count). The van der Waals surface area contributed by atoms with Gasteiger partial charge in [0, 0.05) is 24.2 Å². The van der Waals surface area contributed by atoms with Crippen LogP contribution in [0.5, 0.6) is 5.75 Å². The first kappa shape index (κ1) is 19.6. The van der Waals surface area contributed by atoms with Gasteiger partial charge in [-0.25, -0.2) is 0 Å². The SMILES string of the molecule is C=CC1CN2CCC1CC2[C@@H](O[SiH2]CCC)c1ccnc2ccc(OC)cc12. The van der Waals surface area contributed by atoms with Gasteiger partial charge in [0.2, 0.25) is 0 Å². The van der Waals surface area contributed by atoms with Crippen molar-refractivity contribution in [3.05, 3.63) is 48.7 Å². The summed E-state index contributed by atoms with van der Waals surface area (Å²) in [4.78, 5) is 7.24. The number of piperidine rings is 3. The van der Waals surface area contributed by atoms with Gasteiger partial charge in [-0.05, 0) is 67.1 Å². The third-order valence-corrected chi connectivity index (χ3v) is 8.18. The van der Waals surface area contributed by atoms with Crippen LogP contribution in [-0.4, -0.2) is 45.9 Å². The van der Waals surface area contributed by atoms with Crippen molar-refractivity contribution in [1.82, 2.24) is 9.88 Å². The quantitative estimate of drug-likeness (QED) is 0.382. The zero-order valence-electron chi connectivity index (χ0n) is 17.1. The van der Waals surface area contributed by atoms with Crippen molar-refractivity contribution in [2.24, 2.45) is 11.8 Å². The zero-order chi connectivity index (χ0) is 19.5. The van der Waals surface area contributed by atoms with Crippen molar-refractivity contribution in [2.75, 3.05) is 20.2 Å². The lowest BCUT2D eigenvalue weighted by Gasteiger charge is -2.51. The molecule has 4 nitrogen and oxygen atoms in total. The van der Waals surface area contributed by atoms with E-state index in [1.54, 1.807) is 7.11 Å². The number of methoxy groups -OCH3 is 1. The normalized spacial score (nSPS) is 28.1. The Kier molecular flexibility index (Phi) is 6.14. The molecule has 1 aromatic carbocycles. The van der Waals surface area contributed by atoms with Crippen molar-refractivity contribution in [1.29, 1.82) is 0 Å². The molecule has 0 N–H and O–H groups in total. The summed E-state index contributed by atoms with van der Waals surface area (Å²) in [5.41, 5.74) is 2.30. The minimum absolute atomic E-state index is 0.129. The molecule has 0 saturated carbocycles. The molecule has 0 radical (unpaired) electrons. The first-order chi connectivity index (χ1) is 13.7. The number of hydrogen-bond acceptors (Lipinski definition) is 4. The van der Waals surface area contributed by atoms with Gasteiger partial charge in [-0.3, -0.25) is 9.88 Å². The Morgan fingerprint density at radius 1 is 1.39 bits per heavy atom. The maximum absolute atomic E-state index is 6.71. The van der Waals surface area contributed by atoms with Crippen molar-refractivity contribution >= 4 is 20.7 Å². The van der Waals surface area contributed by atoms with Crippen LogP contribution in [-0.2, 0) is 4.43 Å². The molecule has 3 fully saturated rings. The number of hydrogen-bond donors (Lipinski definition) is 0. The average Bonchev–Trinajstić information content (AvgIpc) is 2.76. The Morgan fingerprint density at radius 3 is 3.00 bits per heavy atom. The fourth-order valence-electron chi connectivity index (χ4n) is 4.98. The Labute approximate surface area is 170 Å². The largest absolute Gasteiger partial charge is 0.497 e. The number of pyridine rings is 1. The number of nitrogens with zero attached hydrogens (tertiary/aromatic N) is 2. The van der Waals surface area contributed by atoms with Gasteiger partial charge in [-0.15, -0.1) is 6.58 Å². The smallest absolute Gasteiger partial charge is 0.162 e. The Morgan fingerprint density at radius 2 is 2.29 bits per heavy atom. The fraction of sp³-hybridized carbons (Fsp3) is 0.522.